The van der Waals surface area contributed by atoms with E-state index in [0.717, 1.165) is 12.0 Å². The maximum absolute atomic E-state index is 14.4. The molecule has 0 bridgehead atoms. The van der Waals surface area contributed by atoms with Crippen LogP contribution in [0.4, 0.5) is 13.2 Å². The minimum absolute atomic E-state index is 0.0937. The van der Waals surface area contributed by atoms with Crippen LogP contribution >= 0.6 is 0 Å². The molecule has 0 heterocycles. The van der Waals surface area contributed by atoms with Crippen molar-refractivity contribution in [2.24, 2.45) is 38.9 Å². The fraction of sp³-hybridized carbons (Fsp3) is 0.758. The number of alkyl halides is 3. The molecule has 3 saturated carbocycles. The van der Waals surface area contributed by atoms with Crippen LogP contribution in [0.5, 0.6) is 0 Å². The Bertz CT molecular complexity index is 1380. The highest BCUT2D eigenvalue weighted by Crippen LogP contribution is 2.75. The van der Waals surface area contributed by atoms with Gasteiger partial charge in [-0.15, -0.1) is 0 Å². The first-order chi connectivity index (χ1) is 19.0. The number of fused-ring (bicyclic) bond motifs is 7. The lowest BCUT2D eigenvalue weighted by Crippen LogP contribution is -2.74. The van der Waals surface area contributed by atoms with Crippen LogP contribution in [-0.4, -0.2) is 39.9 Å². The molecule has 9 heteroatoms. The quantitative estimate of drug-likeness (QED) is 0.403. The number of ketones is 2. The van der Waals surface area contributed by atoms with Gasteiger partial charge in [0.1, 0.15) is 18.1 Å². The molecule has 3 fully saturated rings. The molecule has 6 nitrogen and oxygen atoms in total. The number of nitrogens with one attached hydrogen (secondary N) is 1. The molecule has 0 saturated heterocycles. The Hall–Kier alpha value is -2.47. The average molecular weight is 589 g/mol. The van der Waals surface area contributed by atoms with Crippen molar-refractivity contribution in [1.82, 2.24) is 5.32 Å². The number of carbonyl (C=O) groups is 3. The average Bonchev–Trinajstić information content (AvgIpc) is 2.85. The third-order valence-corrected chi connectivity index (χ3v) is 13.1. The summed E-state index contributed by atoms with van der Waals surface area (Å²) >= 11 is 0. The molecule has 0 aromatic carbocycles. The Labute approximate surface area is 246 Å². The van der Waals surface area contributed by atoms with Crippen LogP contribution in [-0.2, 0) is 14.4 Å². The van der Waals surface area contributed by atoms with Gasteiger partial charge < -0.3 is 10.4 Å². The first-order valence-electron chi connectivity index (χ1n) is 15.1. The van der Waals surface area contributed by atoms with Crippen LogP contribution in [0.15, 0.2) is 23.3 Å². The van der Waals surface area contributed by atoms with E-state index in [9.17, 15) is 37.9 Å². The molecule has 0 aromatic rings. The number of Topliss-reactive ketones (excluding diaryl/α,β-unsaturated/α-hetero) is 1. The summed E-state index contributed by atoms with van der Waals surface area (Å²) in [6.07, 6.45) is 0.919. The van der Waals surface area contributed by atoms with E-state index >= 15 is 0 Å². The fourth-order valence-electron chi connectivity index (χ4n) is 10.4. The number of hydrogen-bond acceptors (Lipinski definition) is 5. The van der Waals surface area contributed by atoms with Crippen molar-refractivity contribution in [1.29, 1.82) is 5.26 Å². The third kappa shape index (κ3) is 3.89. The van der Waals surface area contributed by atoms with Crippen LogP contribution in [0, 0.1) is 50.2 Å². The van der Waals surface area contributed by atoms with Gasteiger partial charge in [-0.2, -0.15) is 18.4 Å². The monoisotopic (exact) mass is 588 g/mol. The summed E-state index contributed by atoms with van der Waals surface area (Å²) in [5.41, 5.74) is -5.43. The predicted molar refractivity (Wildman–Crippen MR) is 149 cm³/mol. The van der Waals surface area contributed by atoms with Crippen molar-refractivity contribution < 1.29 is 32.7 Å². The van der Waals surface area contributed by atoms with E-state index in [4.69, 9.17) is 0 Å². The summed E-state index contributed by atoms with van der Waals surface area (Å²) in [5, 5.41) is 25.3. The van der Waals surface area contributed by atoms with E-state index in [0.29, 0.717) is 32.1 Å². The molecule has 8 atom stereocenters. The number of allylic oxidation sites excluding steroid dienone is 3. The minimum Gasteiger partial charge on any atom is -0.381 e. The van der Waals surface area contributed by atoms with Crippen molar-refractivity contribution in [2.75, 3.05) is 0 Å². The van der Waals surface area contributed by atoms with E-state index in [2.05, 4.69) is 25.2 Å². The van der Waals surface area contributed by atoms with Crippen LogP contribution in [0.25, 0.3) is 0 Å². The number of carbonyl (C=O) groups excluding carboxylic acids is 3. The summed E-state index contributed by atoms with van der Waals surface area (Å²) in [6.45, 7) is 13.6. The zero-order valence-corrected chi connectivity index (χ0v) is 25.7. The zero-order valence-electron chi connectivity index (χ0n) is 25.7. The van der Waals surface area contributed by atoms with Gasteiger partial charge in [0.05, 0.1) is 5.57 Å². The summed E-state index contributed by atoms with van der Waals surface area (Å²) in [7, 11) is 0. The molecule has 0 spiro atoms. The topological polar surface area (TPSA) is 107 Å². The van der Waals surface area contributed by atoms with Gasteiger partial charge in [0, 0.05) is 27.7 Å². The second-order valence-corrected chi connectivity index (χ2v) is 15.8. The van der Waals surface area contributed by atoms with E-state index in [1.54, 1.807) is 19.1 Å². The number of rotatable bonds is 2. The molecule has 230 valence electrons. The first-order valence-corrected chi connectivity index (χ1v) is 15.1. The van der Waals surface area contributed by atoms with Crippen molar-refractivity contribution in [2.45, 2.75) is 117 Å². The highest BCUT2D eigenvalue weighted by molar-refractivity contribution is 6.05. The van der Waals surface area contributed by atoms with Gasteiger partial charge in [-0.1, -0.05) is 47.6 Å². The number of hydrogen-bond donors (Lipinski definition) is 2. The Morgan fingerprint density at radius 1 is 1.02 bits per heavy atom. The molecule has 0 radical (unpaired) electrons. The second kappa shape index (κ2) is 8.80. The summed E-state index contributed by atoms with van der Waals surface area (Å²) in [4.78, 5) is 40.0. The highest BCUT2D eigenvalue weighted by Gasteiger charge is 2.75. The van der Waals surface area contributed by atoms with Crippen LogP contribution < -0.4 is 5.32 Å². The molecule has 0 aromatic heterocycles. The molecular weight excluding hydrogens is 545 g/mol. The van der Waals surface area contributed by atoms with Crippen LogP contribution in [0.1, 0.15) is 99.8 Å². The third-order valence-electron chi connectivity index (χ3n) is 13.1. The van der Waals surface area contributed by atoms with Gasteiger partial charge in [-0.05, 0) is 80.3 Å². The van der Waals surface area contributed by atoms with E-state index < -0.39 is 68.4 Å². The van der Waals surface area contributed by atoms with Crippen molar-refractivity contribution >= 4 is 17.5 Å². The maximum atomic E-state index is 14.4. The lowest BCUT2D eigenvalue weighted by molar-refractivity contribution is -0.240. The highest BCUT2D eigenvalue weighted by atomic mass is 19.4. The van der Waals surface area contributed by atoms with E-state index in [1.807, 2.05) is 27.7 Å². The smallest absolute Gasteiger partial charge is 0.381 e. The predicted octanol–water partition coefficient (Wildman–Crippen LogP) is 6.14. The number of amides is 1. The zero-order chi connectivity index (χ0) is 31.5. The maximum Gasteiger partial charge on any atom is 0.397 e. The molecule has 0 unspecified atom stereocenters. The lowest BCUT2D eigenvalue weighted by Gasteiger charge is -2.71. The largest absolute Gasteiger partial charge is 0.397 e. The fourth-order valence-corrected chi connectivity index (χ4v) is 10.4. The Balaban J connectivity index is 1.62. The van der Waals surface area contributed by atoms with Gasteiger partial charge in [-0.25, -0.2) is 0 Å². The molecule has 5 aliphatic rings. The molecule has 2 N–H and O–H groups in total. The Kier molecular flexibility index (Phi) is 6.49. The lowest BCUT2D eigenvalue weighted by atomic mass is 9.33. The standard InChI is InChI=1S/C33H43F3N2O4/c1-26(2)20-8-9-30(6)21(29(20,5)15-19(18-37)25(26)41)14-23(39)33(42)22-16-28(4,38-24(40)17-32(34,35)36)12-10-27(22,3)11-13-31(30,33)7/h14-15,20,22,42H,8-13,16-17H2,1-7H3,(H,38,40)/t20-,22+,27+,28-,29-,30+,31-,33+/m0/s1. The molecule has 42 heavy (non-hydrogen) atoms. The van der Waals surface area contributed by atoms with Gasteiger partial charge in [0.15, 0.2) is 11.6 Å². The van der Waals surface area contributed by atoms with Gasteiger partial charge in [0.25, 0.3) is 0 Å². The molecule has 5 aliphatic carbocycles. The SMILES string of the molecule is CC1(C)C(=O)C(C#N)=C[C@]2(C)C3=CC(=O)[C@]4(O)[C@@H]5C[C@@](C)(NC(=O)CC(F)(F)F)CC[C@]5(C)CC[C@@]4(C)[C@]3(C)CC[C@@H]12. The van der Waals surface area contributed by atoms with Crippen molar-refractivity contribution in [3.63, 3.8) is 0 Å². The molecule has 1 amide bonds. The first kappa shape index (κ1) is 31.0. The van der Waals surface area contributed by atoms with Crippen LogP contribution in [0.2, 0.25) is 0 Å². The summed E-state index contributed by atoms with van der Waals surface area (Å²) < 4.78 is 38.9. The van der Waals surface area contributed by atoms with Crippen molar-refractivity contribution in [3.05, 3.63) is 23.3 Å². The van der Waals surface area contributed by atoms with E-state index in [1.165, 1.54) is 0 Å². The molecular formula is C33H43F3N2O4. The van der Waals surface area contributed by atoms with Gasteiger partial charge >= 0.3 is 6.18 Å². The molecule has 0 aliphatic heterocycles. The van der Waals surface area contributed by atoms with Crippen molar-refractivity contribution in [3.8, 4) is 6.07 Å². The second-order valence-electron chi connectivity index (χ2n) is 15.8. The number of aliphatic hydroxyl groups is 1. The van der Waals surface area contributed by atoms with Gasteiger partial charge in [0.2, 0.25) is 5.91 Å². The minimum atomic E-state index is -4.63. The van der Waals surface area contributed by atoms with E-state index in [-0.39, 0.29) is 23.7 Å². The number of nitriles is 1. The normalized spacial score (nSPS) is 46.1. The van der Waals surface area contributed by atoms with Crippen LogP contribution in [0.3, 0.4) is 0 Å². The Morgan fingerprint density at radius 2 is 1.64 bits per heavy atom. The van der Waals surface area contributed by atoms with Gasteiger partial charge in [-0.3, -0.25) is 14.4 Å². The summed E-state index contributed by atoms with van der Waals surface area (Å²) in [6, 6.07) is 2.09. The Morgan fingerprint density at radius 3 is 2.24 bits per heavy atom. The number of nitrogens with zero attached hydrogens (tertiary/aromatic N) is 1. The molecule has 5 rings (SSSR count). The summed E-state index contributed by atoms with van der Waals surface area (Å²) in [5.74, 6) is -2.45. The number of halogens is 3.